The molecule has 3 rings (SSSR count). The highest BCUT2D eigenvalue weighted by Crippen LogP contribution is 2.30. The van der Waals surface area contributed by atoms with E-state index in [0.717, 1.165) is 38.0 Å². The number of ether oxygens (including phenoxy) is 2. The Morgan fingerprint density at radius 1 is 1.19 bits per heavy atom. The number of para-hydroxylation sites is 2. The van der Waals surface area contributed by atoms with Crippen molar-refractivity contribution in [3.63, 3.8) is 0 Å². The van der Waals surface area contributed by atoms with Gasteiger partial charge in [0.25, 0.3) is 0 Å². The number of pyridine rings is 1. The summed E-state index contributed by atoms with van der Waals surface area (Å²) in [5, 5.41) is 3.55. The first-order chi connectivity index (χ1) is 13.2. The number of carbonyl (C=O) groups is 1. The van der Waals surface area contributed by atoms with Crippen LogP contribution in [0.3, 0.4) is 0 Å². The predicted octanol–water partition coefficient (Wildman–Crippen LogP) is 3.37. The number of rotatable bonds is 7. The van der Waals surface area contributed by atoms with Crippen LogP contribution < -0.4 is 14.8 Å². The Kier molecular flexibility index (Phi) is 6.65. The van der Waals surface area contributed by atoms with E-state index in [1.54, 1.807) is 6.92 Å². The van der Waals surface area contributed by atoms with E-state index in [9.17, 15) is 4.79 Å². The van der Waals surface area contributed by atoms with Crippen molar-refractivity contribution >= 4 is 5.91 Å². The van der Waals surface area contributed by atoms with Gasteiger partial charge in [-0.25, -0.2) is 4.98 Å². The SMILES string of the molecule is CCOc1ccccc1Oc1ccc(CNC2CCN(C(C)=O)CC2)cn1. The fourth-order valence-electron chi connectivity index (χ4n) is 3.16. The van der Waals surface area contributed by atoms with Gasteiger partial charge in [-0.05, 0) is 37.5 Å². The monoisotopic (exact) mass is 369 g/mol. The van der Waals surface area contributed by atoms with Gasteiger partial charge in [0.15, 0.2) is 11.5 Å². The van der Waals surface area contributed by atoms with Gasteiger partial charge < -0.3 is 19.7 Å². The lowest BCUT2D eigenvalue weighted by atomic mass is 10.0. The van der Waals surface area contributed by atoms with Crippen molar-refractivity contribution in [1.29, 1.82) is 0 Å². The summed E-state index contributed by atoms with van der Waals surface area (Å²) < 4.78 is 11.4. The number of hydrogen-bond donors (Lipinski definition) is 1. The Morgan fingerprint density at radius 3 is 2.56 bits per heavy atom. The van der Waals surface area contributed by atoms with Crippen molar-refractivity contribution in [1.82, 2.24) is 15.2 Å². The van der Waals surface area contributed by atoms with E-state index in [0.29, 0.717) is 30.0 Å². The molecule has 0 saturated carbocycles. The maximum Gasteiger partial charge on any atom is 0.219 e. The van der Waals surface area contributed by atoms with Crippen LogP contribution in [0.4, 0.5) is 0 Å². The molecule has 1 fully saturated rings. The summed E-state index contributed by atoms with van der Waals surface area (Å²) in [5.74, 6) is 2.08. The molecular formula is C21H27N3O3. The van der Waals surface area contributed by atoms with Crippen LogP contribution in [0, 0.1) is 0 Å². The summed E-state index contributed by atoms with van der Waals surface area (Å²) in [6, 6.07) is 11.9. The molecule has 1 aromatic heterocycles. The van der Waals surface area contributed by atoms with Gasteiger partial charge in [0.05, 0.1) is 6.61 Å². The summed E-state index contributed by atoms with van der Waals surface area (Å²) in [5.41, 5.74) is 1.11. The molecule has 6 heteroatoms. The molecular weight excluding hydrogens is 342 g/mol. The predicted molar refractivity (Wildman–Crippen MR) is 104 cm³/mol. The number of hydrogen-bond acceptors (Lipinski definition) is 5. The zero-order chi connectivity index (χ0) is 19.1. The molecule has 1 aliphatic heterocycles. The van der Waals surface area contributed by atoms with Crippen molar-refractivity contribution in [3.05, 3.63) is 48.2 Å². The zero-order valence-corrected chi connectivity index (χ0v) is 16.0. The molecule has 2 aromatic rings. The summed E-state index contributed by atoms with van der Waals surface area (Å²) in [7, 11) is 0. The second kappa shape index (κ2) is 9.37. The van der Waals surface area contributed by atoms with Crippen LogP contribution in [0.25, 0.3) is 0 Å². The average molecular weight is 369 g/mol. The van der Waals surface area contributed by atoms with Crippen LogP contribution in [0.1, 0.15) is 32.3 Å². The fraction of sp³-hybridized carbons (Fsp3) is 0.429. The molecule has 1 N–H and O–H groups in total. The lowest BCUT2D eigenvalue weighted by Crippen LogP contribution is -2.43. The molecule has 2 heterocycles. The second-order valence-electron chi connectivity index (χ2n) is 6.65. The minimum Gasteiger partial charge on any atom is -0.490 e. The van der Waals surface area contributed by atoms with E-state index in [1.165, 1.54) is 0 Å². The van der Waals surface area contributed by atoms with Crippen LogP contribution in [-0.2, 0) is 11.3 Å². The third-order valence-electron chi connectivity index (χ3n) is 4.70. The van der Waals surface area contributed by atoms with Crippen molar-refractivity contribution in [3.8, 4) is 17.4 Å². The van der Waals surface area contributed by atoms with Crippen LogP contribution in [0.5, 0.6) is 17.4 Å². The van der Waals surface area contributed by atoms with Gasteiger partial charge in [-0.2, -0.15) is 0 Å². The van der Waals surface area contributed by atoms with E-state index < -0.39 is 0 Å². The lowest BCUT2D eigenvalue weighted by Gasteiger charge is -2.31. The first kappa shape index (κ1) is 19.2. The third kappa shape index (κ3) is 5.44. The Balaban J connectivity index is 1.50. The Labute approximate surface area is 160 Å². The first-order valence-electron chi connectivity index (χ1n) is 9.49. The van der Waals surface area contributed by atoms with E-state index >= 15 is 0 Å². The molecule has 0 spiro atoms. The van der Waals surface area contributed by atoms with E-state index in [1.807, 2.05) is 54.4 Å². The molecule has 0 atom stereocenters. The van der Waals surface area contributed by atoms with Gasteiger partial charge in [-0.3, -0.25) is 4.79 Å². The Morgan fingerprint density at radius 2 is 1.93 bits per heavy atom. The van der Waals surface area contributed by atoms with Gasteiger partial charge in [0, 0.05) is 44.9 Å². The molecule has 144 valence electrons. The summed E-state index contributed by atoms with van der Waals surface area (Å²) >= 11 is 0. The van der Waals surface area contributed by atoms with Crippen molar-refractivity contribution in [2.75, 3.05) is 19.7 Å². The summed E-state index contributed by atoms with van der Waals surface area (Å²) in [6.45, 7) is 6.59. The third-order valence-corrected chi connectivity index (χ3v) is 4.70. The van der Waals surface area contributed by atoms with E-state index in [-0.39, 0.29) is 5.91 Å². The molecule has 1 amide bonds. The largest absolute Gasteiger partial charge is 0.490 e. The van der Waals surface area contributed by atoms with E-state index in [2.05, 4.69) is 10.3 Å². The normalized spacial score (nSPS) is 14.8. The summed E-state index contributed by atoms with van der Waals surface area (Å²) in [4.78, 5) is 17.7. The highest BCUT2D eigenvalue weighted by Gasteiger charge is 2.20. The number of likely N-dealkylation sites (tertiary alicyclic amines) is 1. The molecule has 27 heavy (non-hydrogen) atoms. The topological polar surface area (TPSA) is 63.7 Å². The van der Waals surface area contributed by atoms with Gasteiger partial charge >= 0.3 is 0 Å². The molecule has 0 bridgehead atoms. The number of benzene rings is 1. The average Bonchev–Trinajstić information content (AvgIpc) is 2.69. The van der Waals surface area contributed by atoms with Crippen LogP contribution >= 0.6 is 0 Å². The highest BCUT2D eigenvalue weighted by atomic mass is 16.5. The van der Waals surface area contributed by atoms with Crippen molar-refractivity contribution in [2.45, 2.75) is 39.3 Å². The molecule has 0 unspecified atom stereocenters. The van der Waals surface area contributed by atoms with Crippen molar-refractivity contribution < 1.29 is 14.3 Å². The van der Waals surface area contributed by atoms with E-state index in [4.69, 9.17) is 9.47 Å². The van der Waals surface area contributed by atoms with Gasteiger partial charge in [0.2, 0.25) is 11.8 Å². The van der Waals surface area contributed by atoms with Crippen molar-refractivity contribution in [2.24, 2.45) is 0 Å². The molecule has 0 aliphatic carbocycles. The number of nitrogens with one attached hydrogen (secondary N) is 1. The maximum absolute atomic E-state index is 11.4. The molecule has 0 radical (unpaired) electrons. The second-order valence-corrected chi connectivity index (χ2v) is 6.65. The van der Waals surface area contributed by atoms with Gasteiger partial charge in [0.1, 0.15) is 0 Å². The highest BCUT2D eigenvalue weighted by molar-refractivity contribution is 5.73. The van der Waals surface area contributed by atoms with Crippen LogP contribution in [-0.4, -0.2) is 41.5 Å². The standard InChI is InChI=1S/C21H27N3O3/c1-3-26-19-6-4-5-7-20(19)27-21-9-8-17(15-23-21)14-22-18-10-12-24(13-11-18)16(2)25/h4-9,15,18,22H,3,10-14H2,1-2H3. The lowest BCUT2D eigenvalue weighted by molar-refractivity contribution is -0.129. The quantitative estimate of drug-likeness (QED) is 0.811. The van der Waals surface area contributed by atoms with Crippen LogP contribution in [0.2, 0.25) is 0 Å². The minimum absolute atomic E-state index is 0.166. The zero-order valence-electron chi connectivity index (χ0n) is 16.0. The number of nitrogens with zero attached hydrogens (tertiary/aromatic N) is 2. The number of piperidine rings is 1. The fourth-order valence-corrected chi connectivity index (χ4v) is 3.16. The molecule has 1 aliphatic rings. The maximum atomic E-state index is 11.4. The number of carbonyl (C=O) groups excluding carboxylic acids is 1. The molecule has 1 aromatic carbocycles. The summed E-state index contributed by atoms with van der Waals surface area (Å²) in [6.07, 6.45) is 3.81. The first-order valence-corrected chi connectivity index (χ1v) is 9.49. The van der Waals surface area contributed by atoms with Gasteiger partial charge in [-0.15, -0.1) is 0 Å². The number of amides is 1. The minimum atomic E-state index is 0.166. The van der Waals surface area contributed by atoms with Gasteiger partial charge in [-0.1, -0.05) is 18.2 Å². The number of aromatic nitrogens is 1. The smallest absolute Gasteiger partial charge is 0.219 e. The Bertz CT molecular complexity index is 741. The Hall–Kier alpha value is -2.60. The van der Waals surface area contributed by atoms with Crippen LogP contribution in [0.15, 0.2) is 42.6 Å². The molecule has 6 nitrogen and oxygen atoms in total. The molecule has 1 saturated heterocycles.